The van der Waals surface area contributed by atoms with Gasteiger partial charge < -0.3 is 19.3 Å². The number of halogens is 2. The van der Waals surface area contributed by atoms with Crippen molar-refractivity contribution in [3.63, 3.8) is 0 Å². The number of hydrogen-bond donors (Lipinski definition) is 0. The van der Waals surface area contributed by atoms with E-state index in [1.165, 1.54) is 12.1 Å². The van der Waals surface area contributed by atoms with Crippen molar-refractivity contribution in [3.05, 3.63) is 47.5 Å². The summed E-state index contributed by atoms with van der Waals surface area (Å²) in [6.45, 7) is 2.40. The molecule has 0 spiro atoms. The average Bonchev–Trinajstić information content (AvgIpc) is 2.75. The molecule has 0 radical (unpaired) electrons. The molecule has 4 rings (SSSR count). The third-order valence-corrected chi connectivity index (χ3v) is 5.40. The molecule has 1 aromatic carbocycles. The lowest BCUT2D eigenvalue weighted by Gasteiger charge is -2.42. The van der Waals surface area contributed by atoms with Crippen LogP contribution in [-0.2, 0) is 9.53 Å². The zero-order valence-electron chi connectivity index (χ0n) is 15.8. The quantitative estimate of drug-likeness (QED) is 0.740. The van der Waals surface area contributed by atoms with Crippen LogP contribution in [0.2, 0.25) is 5.02 Å². The Labute approximate surface area is 173 Å². The van der Waals surface area contributed by atoms with Crippen LogP contribution in [0.3, 0.4) is 0 Å². The van der Waals surface area contributed by atoms with Gasteiger partial charge in [0.15, 0.2) is 0 Å². The number of anilines is 1. The van der Waals surface area contributed by atoms with Crippen molar-refractivity contribution in [3.8, 4) is 5.75 Å². The van der Waals surface area contributed by atoms with Gasteiger partial charge in [-0.2, -0.15) is 0 Å². The first-order chi connectivity index (χ1) is 14.1. The van der Waals surface area contributed by atoms with Crippen LogP contribution in [0.1, 0.15) is 12.8 Å². The van der Waals surface area contributed by atoms with E-state index in [4.69, 9.17) is 21.1 Å². The Morgan fingerprint density at radius 2 is 1.86 bits per heavy atom. The molecule has 1 amide bonds. The number of piperidine rings is 1. The van der Waals surface area contributed by atoms with Crippen molar-refractivity contribution < 1.29 is 18.7 Å². The highest BCUT2D eigenvalue weighted by atomic mass is 35.5. The molecule has 1 aromatic heterocycles. The van der Waals surface area contributed by atoms with Gasteiger partial charge >= 0.3 is 0 Å². The van der Waals surface area contributed by atoms with E-state index in [1.807, 2.05) is 4.90 Å². The number of carbonyl (C=O) groups excluding carboxylic acids is 1. The molecule has 7 nitrogen and oxygen atoms in total. The number of nitrogens with zero attached hydrogens (tertiary/aromatic N) is 4. The zero-order valence-corrected chi connectivity index (χ0v) is 16.6. The smallest absolute Gasteiger partial charge is 0.248 e. The molecule has 2 aliphatic heterocycles. The number of aromatic nitrogens is 2. The Bertz CT molecular complexity index is 829. The van der Waals surface area contributed by atoms with Crippen LogP contribution < -0.4 is 9.64 Å². The summed E-state index contributed by atoms with van der Waals surface area (Å²) in [4.78, 5) is 24.9. The Balaban J connectivity index is 1.30. The third kappa shape index (κ3) is 4.94. The Morgan fingerprint density at radius 1 is 1.17 bits per heavy atom. The number of rotatable bonds is 5. The standard InChI is InChI=1S/C20H22ClFN4O3/c21-14-9-23-20(24-10-14)25-7-5-16(6-8-25)26-11-18(29-13-19(26)27)12-28-17-3-1-15(22)2-4-17/h1-4,9-10,16,18H,5-8,11-13H2. The molecule has 3 heterocycles. The summed E-state index contributed by atoms with van der Waals surface area (Å²) in [5, 5.41) is 0.511. The van der Waals surface area contributed by atoms with Gasteiger partial charge in [-0.25, -0.2) is 14.4 Å². The van der Waals surface area contributed by atoms with E-state index in [0.29, 0.717) is 29.9 Å². The molecule has 0 bridgehead atoms. The first-order valence-electron chi connectivity index (χ1n) is 9.60. The van der Waals surface area contributed by atoms with Crippen LogP contribution in [0.4, 0.5) is 10.3 Å². The zero-order chi connectivity index (χ0) is 20.2. The van der Waals surface area contributed by atoms with Gasteiger partial charge in [-0.1, -0.05) is 11.6 Å². The molecule has 2 aliphatic rings. The van der Waals surface area contributed by atoms with Crippen LogP contribution in [0.25, 0.3) is 0 Å². The Hall–Kier alpha value is -2.45. The topological polar surface area (TPSA) is 67.8 Å². The van der Waals surface area contributed by atoms with E-state index < -0.39 is 0 Å². The normalized spacial score (nSPS) is 20.8. The summed E-state index contributed by atoms with van der Waals surface area (Å²) in [6.07, 6.45) is 4.64. The molecule has 2 saturated heterocycles. The van der Waals surface area contributed by atoms with Crippen molar-refractivity contribution >= 4 is 23.5 Å². The maximum Gasteiger partial charge on any atom is 0.248 e. The maximum atomic E-state index is 13.0. The van der Waals surface area contributed by atoms with Crippen LogP contribution >= 0.6 is 11.6 Å². The molecule has 9 heteroatoms. The lowest BCUT2D eigenvalue weighted by molar-refractivity contribution is -0.154. The van der Waals surface area contributed by atoms with E-state index in [-0.39, 0.29) is 30.5 Å². The number of morpholine rings is 1. The van der Waals surface area contributed by atoms with Gasteiger partial charge in [-0.05, 0) is 37.1 Å². The van der Waals surface area contributed by atoms with E-state index >= 15 is 0 Å². The molecule has 1 atom stereocenters. The summed E-state index contributed by atoms with van der Waals surface area (Å²) in [5.41, 5.74) is 0. The van der Waals surface area contributed by atoms with Gasteiger partial charge in [-0.15, -0.1) is 0 Å². The van der Waals surface area contributed by atoms with Crippen molar-refractivity contribution in [2.24, 2.45) is 0 Å². The second-order valence-corrected chi connectivity index (χ2v) is 7.60. The largest absolute Gasteiger partial charge is 0.491 e. The molecular weight excluding hydrogens is 399 g/mol. The molecule has 0 N–H and O–H groups in total. The van der Waals surface area contributed by atoms with E-state index in [2.05, 4.69) is 14.9 Å². The minimum Gasteiger partial charge on any atom is -0.491 e. The Kier molecular flexibility index (Phi) is 6.10. The van der Waals surface area contributed by atoms with E-state index in [0.717, 1.165) is 25.9 Å². The second kappa shape index (κ2) is 8.92. The van der Waals surface area contributed by atoms with Crippen LogP contribution in [0.15, 0.2) is 36.7 Å². The number of hydrogen-bond acceptors (Lipinski definition) is 6. The fraction of sp³-hybridized carbons (Fsp3) is 0.450. The lowest BCUT2D eigenvalue weighted by Crippen LogP contribution is -2.55. The maximum absolute atomic E-state index is 13.0. The molecule has 0 saturated carbocycles. The van der Waals surface area contributed by atoms with Gasteiger partial charge in [-0.3, -0.25) is 4.79 Å². The third-order valence-electron chi connectivity index (χ3n) is 5.21. The number of ether oxygens (including phenoxy) is 2. The molecule has 29 heavy (non-hydrogen) atoms. The lowest BCUT2D eigenvalue weighted by atomic mass is 10.0. The van der Waals surface area contributed by atoms with E-state index in [1.54, 1.807) is 24.5 Å². The molecule has 154 valence electrons. The summed E-state index contributed by atoms with van der Waals surface area (Å²) in [6, 6.07) is 6.02. The van der Waals surface area contributed by atoms with Crippen molar-refractivity contribution in [2.45, 2.75) is 25.0 Å². The molecule has 1 unspecified atom stereocenters. The molecule has 0 aliphatic carbocycles. The molecular formula is C20H22ClFN4O3. The van der Waals surface area contributed by atoms with E-state index in [9.17, 15) is 9.18 Å². The van der Waals surface area contributed by atoms with Crippen LogP contribution in [0, 0.1) is 5.82 Å². The van der Waals surface area contributed by atoms with Gasteiger partial charge in [0, 0.05) is 19.1 Å². The predicted octanol–water partition coefficient (Wildman–Crippen LogP) is 2.54. The van der Waals surface area contributed by atoms with Gasteiger partial charge in [0.1, 0.15) is 30.9 Å². The highest BCUT2D eigenvalue weighted by Gasteiger charge is 2.34. The average molecular weight is 421 g/mol. The molecule has 2 fully saturated rings. The summed E-state index contributed by atoms with van der Waals surface area (Å²) >= 11 is 5.85. The van der Waals surface area contributed by atoms with Crippen LogP contribution in [-0.4, -0.2) is 65.8 Å². The summed E-state index contributed by atoms with van der Waals surface area (Å²) in [7, 11) is 0. The van der Waals surface area contributed by atoms with Crippen molar-refractivity contribution in [1.82, 2.24) is 14.9 Å². The SMILES string of the molecule is O=C1COC(COc2ccc(F)cc2)CN1C1CCN(c2ncc(Cl)cn2)CC1. The summed E-state index contributed by atoms with van der Waals surface area (Å²) < 4.78 is 24.3. The molecule has 2 aromatic rings. The van der Waals surface area contributed by atoms with Gasteiger partial charge in [0.25, 0.3) is 0 Å². The first kappa shape index (κ1) is 19.8. The van der Waals surface area contributed by atoms with Gasteiger partial charge in [0.2, 0.25) is 11.9 Å². The minimum atomic E-state index is -0.307. The minimum absolute atomic E-state index is 0.00391. The fourth-order valence-electron chi connectivity index (χ4n) is 3.67. The number of benzene rings is 1. The number of carbonyl (C=O) groups is 1. The highest BCUT2D eigenvalue weighted by molar-refractivity contribution is 6.30. The van der Waals surface area contributed by atoms with Gasteiger partial charge in [0.05, 0.1) is 24.0 Å². The monoisotopic (exact) mass is 420 g/mol. The predicted molar refractivity (Wildman–Crippen MR) is 106 cm³/mol. The summed E-state index contributed by atoms with van der Waals surface area (Å²) in [5.74, 6) is 0.934. The van der Waals surface area contributed by atoms with Crippen molar-refractivity contribution in [2.75, 3.05) is 37.7 Å². The van der Waals surface area contributed by atoms with Crippen molar-refractivity contribution in [1.29, 1.82) is 0 Å². The first-order valence-corrected chi connectivity index (χ1v) is 9.98. The highest BCUT2D eigenvalue weighted by Crippen LogP contribution is 2.23. The second-order valence-electron chi connectivity index (χ2n) is 7.16. The van der Waals surface area contributed by atoms with Crippen LogP contribution in [0.5, 0.6) is 5.75 Å². The number of amides is 1. The Morgan fingerprint density at radius 3 is 2.55 bits per heavy atom. The fourth-order valence-corrected chi connectivity index (χ4v) is 3.76.